The molecule has 3 aromatic rings. The van der Waals surface area contributed by atoms with Crippen LogP contribution in [0.25, 0.3) is 0 Å². The second-order valence-corrected chi connectivity index (χ2v) is 10.0. The first-order chi connectivity index (χ1) is 15.4. The van der Waals surface area contributed by atoms with Gasteiger partial charge in [-0.2, -0.15) is 0 Å². The third-order valence-electron chi connectivity index (χ3n) is 5.41. The Morgan fingerprint density at radius 3 is 2.41 bits per heavy atom. The van der Waals surface area contributed by atoms with Crippen LogP contribution in [0.1, 0.15) is 23.2 Å². The van der Waals surface area contributed by atoms with E-state index in [4.69, 9.17) is 0 Å². The van der Waals surface area contributed by atoms with Crippen LogP contribution in [-0.2, 0) is 0 Å². The van der Waals surface area contributed by atoms with Crippen molar-refractivity contribution in [1.82, 2.24) is 9.97 Å². The van der Waals surface area contributed by atoms with Gasteiger partial charge in [0.05, 0.1) is 0 Å². The Morgan fingerprint density at radius 2 is 1.75 bits per heavy atom. The van der Waals surface area contributed by atoms with Gasteiger partial charge < -0.3 is 0 Å². The number of aromatic nitrogens is 2. The molecular formula is C22H19AsF2N4O3. The zero-order valence-electron chi connectivity index (χ0n) is 16.9. The topological polar surface area (TPSA) is 89.2 Å². The summed E-state index contributed by atoms with van der Waals surface area (Å²) in [5, 5.41) is 11.9. The molecule has 0 bridgehead atoms. The molecule has 1 aliphatic heterocycles. The second-order valence-electron chi connectivity index (χ2n) is 7.39. The Kier molecular flexibility index (Phi) is 6.55. The monoisotopic (exact) mass is 500 g/mol. The van der Waals surface area contributed by atoms with Gasteiger partial charge in [-0.15, -0.1) is 0 Å². The Bertz CT molecular complexity index is 1150. The van der Waals surface area contributed by atoms with Crippen molar-refractivity contribution in [2.45, 2.75) is 12.8 Å². The Labute approximate surface area is 189 Å². The molecule has 2 heterocycles. The molecule has 4 rings (SSSR count). The number of benzene rings is 2. The summed E-state index contributed by atoms with van der Waals surface area (Å²) in [6.45, 7) is 0.823. The Morgan fingerprint density at radius 1 is 1.06 bits per heavy atom. The van der Waals surface area contributed by atoms with Gasteiger partial charge in [0.2, 0.25) is 0 Å². The van der Waals surface area contributed by atoms with Crippen molar-refractivity contribution in [2.24, 2.45) is 5.92 Å². The first-order valence-corrected chi connectivity index (χ1v) is 12.1. The summed E-state index contributed by atoms with van der Waals surface area (Å²) in [5.74, 6) is -0.908. The average molecular weight is 500 g/mol. The zero-order valence-corrected chi connectivity index (χ0v) is 19.0. The number of ketones is 1. The van der Waals surface area contributed by atoms with E-state index in [1.807, 2.05) is 0 Å². The van der Waals surface area contributed by atoms with Crippen molar-refractivity contribution in [3.05, 3.63) is 82.2 Å². The summed E-state index contributed by atoms with van der Waals surface area (Å²) >= 11 is -1.38. The molecule has 1 saturated heterocycles. The van der Waals surface area contributed by atoms with E-state index in [2.05, 4.69) is 9.97 Å². The zero-order chi connectivity index (χ0) is 22.7. The van der Waals surface area contributed by atoms with Gasteiger partial charge in [-0.25, -0.2) is 4.39 Å². The van der Waals surface area contributed by atoms with Crippen molar-refractivity contribution in [2.75, 3.05) is 18.0 Å². The number of hydrogen-bond donors (Lipinski definition) is 0. The number of Topliss-reactive ketones (excluding diaryl/α,β-unsaturated/α-hetero) is 1. The van der Waals surface area contributed by atoms with Gasteiger partial charge in [0.15, 0.2) is 0 Å². The van der Waals surface area contributed by atoms with Crippen LogP contribution in [0.4, 0.5) is 20.3 Å². The number of hydrogen-bond acceptors (Lipinski definition) is 6. The molecule has 2 aromatic carbocycles. The number of halogens is 2. The number of piperidine rings is 1. The molecule has 0 saturated carbocycles. The number of carbonyl (C=O) groups excluding carboxylic acids is 1. The van der Waals surface area contributed by atoms with Crippen LogP contribution >= 0.6 is 0 Å². The average Bonchev–Trinajstić information content (AvgIpc) is 2.80. The third-order valence-corrected chi connectivity index (χ3v) is 8.09. The molecule has 164 valence electrons. The van der Waals surface area contributed by atoms with Gasteiger partial charge in [-0.05, 0) is 0 Å². The van der Waals surface area contributed by atoms with E-state index in [-0.39, 0.29) is 27.7 Å². The molecule has 7 nitrogen and oxygen atoms in total. The summed E-state index contributed by atoms with van der Waals surface area (Å²) in [6.07, 6.45) is 2.27. The van der Waals surface area contributed by atoms with Crippen LogP contribution in [0, 0.1) is 27.7 Å². The van der Waals surface area contributed by atoms with E-state index in [9.17, 15) is 23.7 Å². The fourth-order valence-corrected chi connectivity index (χ4v) is 6.02. The second kappa shape index (κ2) is 9.52. The molecular weight excluding hydrogens is 481 g/mol. The van der Waals surface area contributed by atoms with Crippen LogP contribution < -0.4 is 13.7 Å². The number of nitrogens with zero attached hydrogens (tertiary/aromatic N) is 4. The van der Waals surface area contributed by atoms with Gasteiger partial charge in [-0.3, -0.25) is 0 Å². The summed E-state index contributed by atoms with van der Waals surface area (Å²) in [6, 6.07) is 11.7. The quantitative estimate of drug-likeness (QED) is 0.223. The number of nitro groups is 1. The maximum atomic E-state index is 14.1. The van der Waals surface area contributed by atoms with Crippen molar-refractivity contribution < 1.29 is 18.5 Å². The fourth-order valence-electron chi connectivity index (χ4n) is 3.75. The standard InChI is InChI=1S/C22H19AsF2N4O3/c24-16-7-5-14(6-8-16)20(30)15-9-11-28(12-10-15)22-19(29(31)32)21(26-13-27-22)23-17-3-1-2-4-18(17)25/h1-8,13,15,23H,9-12H2. The van der Waals surface area contributed by atoms with Crippen LogP contribution in [0.3, 0.4) is 0 Å². The number of carbonyl (C=O) groups is 1. The summed E-state index contributed by atoms with van der Waals surface area (Å²) in [4.78, 5) is 34.1. The normalized spacial score (nSPS) is 14.8. The summed E-state index contributed by atoms with van der Waals surface area (Å²) in [5.41, 5.74) is 0.259. The van der Waals surface area contributed by atoms with Gasteiger partial charge >= 0.3 is 185 Å². The number of rotatable bonds is 6. The fraction of sp³-hybridized carbons (Fsp3) is 0.227. The molecule has 0 radical (unpaired) electrons. The molecule has 0 amide bonds. The number of anilines is 1. The maximum absolute atomic E-state index is 14.1. The van der Waals surface area contributed by atoms with Gasteiger partial charge in [0.1, 0.15) is 0 Å². The van der Waals surface area contributed by atoms with Crippen LogP contribution in [-0.4, -0.2) is 49.5 Å². The SMILES string of the molecule is O=C(c1ccc(F)cc1)C1CCN(c2ncnc([AsH]c3ccccc3F)c2[N+](=O)[O-])CC1. The first kappa shape index (κ1) is 22.0. The van der Waals surface area contributed by atoms with Gasteiger partial charge in [0.25, 0.3) is 0 Å². The molecule has 0 aliphatic carbocycles. The first-order valence-electron chi connectivity index (χ1n) is 9.99. The van der Waals surface area contributed by atoms with E-state index in [0.717, 1.165) is 0 Å². The summed E-state index contributed by atoms with van der Waals surface area (Å²) in [7, 11) is 0. The van der Waals surface area contributed by atoms with E-state index in [0.29, 0.717) is 35.8 Å². The van der Waals surface area contributed by atoms with Crippen molar-refractivity contribution in [3.63, 3.8) is 0 Å². The van der Waals surface area contributed by atoms with Crippen molar-refractivity contribution >= 4 is 41.9 Å². The van der Waals surface area contributed by atoms with E-state index in [1.54, 1.807) is 23.1 Å². The molecule has 1 atom stereocenters. The van der Waals surface area contributed by atoms with E-state index in [1.165, 1.54) is 36.7 Å². The minimum absolute atomic E-state index is 0.0613. The molecule has 1 unspecified atom stereocenters. The Balaban J connectivity index is 1.53. The molecule has 10 heteroatoms. The predicted molar refractivity (Wildman–Crippen MR) is 117 cm³/mol. The molecule has 0 N–H and O–H groups in total. The molecule has 1 fully saturated rings. The van der Waals surface area contributed by atoms with Crippen molar-refractivity contribution in [1.29, 1.82) is 0 Å². The van der Waals surface area contributed by atoms with Crippen LogP contribution in [0.2, 0.25) is 0 Å². The van der Waals surface area contributed by atoms with Crippen LogP contribution in [0.5, 0.6) is 0 Å². The molecule has 32 heavy (non-hydrogen) atoms. The Hall–Kier alpha value is -3.19. The van der Waals surface area contributed by atoms with E-state index >= 15 is 0 Å². The predicted octanol–water partition coefficient (Wildman–Crippen LogP) is 2.15. The van der Waals surface area contributed by atoms with E-state index < -0.39 is 32.3 Å². The molecule has 1 aromatic heterocycles. The van der Waals surface area contributed by atoms with Crippen LogP contribution in [0.15, 0.2) is 54.9 Å². The molecule has 0 spiro atoms. The van der Waals surface area contributed by atoms with Crippen molar-refractivity contribution in [3.8, 4) is 0 Å². The van der Waals surface area contributed by atoms with Gasteiger partial charge in [0, 0.05) is 0 Å². The molecule has 1 aliphatic rings. The third kappa shape index (κ3) is 4.67. The van der Waals surface area contributed by atoms with Gasteiger partial charge in [-0.1, -0.05) is 0 Å². The summed E-state index contributed by atoms with van der Waals surface area (Å²) < 4.78 is 27.9. The minimum atomic E-state index is -1.38.